The summed E-state index contributed by atoms with van der Waals surface area (Å²) in [4.78, 5) is 16.9. The highest BCUT2D eigenvalue weighted by Gasteiger charge is 2.33. The fraction of sp³-hybridized carbons (Fsp3) is 0.650. The van der Waals surface area contributed by atoms with Crippen molar-refractivity contribution in [2.45, 2.75) is 46.0 Å². The highest BCUT2D eigenvalue weighted by Crippen LogP contribution is 2.34. The van der Waals surface area contributed by atoms with Crippen LogP contribution >= 0.6 is 0 Å². The molecular weight excluding hydrogens is 314 g/mol. The van der Waals surface area contributed by atoms with Crippen LogP contribution in [0.2, 0.25) is 0 Å². The molecule has 5 nitrogen and oxygen atoms in total. The van der Waals surface area contributed by atoms with E-state index in [9.17, 15) is 9.90 Å². The zero-order chi connectivity index (χ0) is 17.9. The molecular formula is C20H31N3O2. The number of nitrogens with zero attached hydrogens (tertiary/aromatic N) is 2. The maximum Gasteiger partial charge on any atom is 0.321 e. The number of aryl methyl sites for hydroxylation is 1. The molecule has 0 aliphatic carbocycles. The van der Waals surface area contributed by atoms with Gasteiger partial charge in [-0.05, 0) is 68.2 Å². The zero-order valence-corrected chi connectivity index (χ0v) is 15.6. The number of piperidine rings is 1. The number of carbonyl (C=O) groups excluding carboxylic acids is 1. The Morgan fingerprint density at radius 2 is 1.88 bits per heavy atom. The van der Waals surface area contributed by atoms with E-state index in [1.807, 2.05) is 11.0 Å². The van der Waals surface area contributed by atoms with Crippen molar-refractivity contribution in [3.63, 3.8) is 0 Å². The smallest absolute Gasteiger partial charge is 0.321 e. The van der Waals surface area contributed by atoms with E-state index in [4.69, 9.17) is 0 Å². The lowest BCUT2D eigenvalue weighted by Crippen LogP contribution is -2.46. The van der Waals surface area contributed by atoms with Gasteiger partial charge in [0.15, 0.2) is 0 Å². The number of hydrogen-bond donors (Lipinski definition) is 2. The van der Waals surface area contributed by atoms with Crippen molar-refractivity contribution in [3.8, 4) is 0 Å². The summed E-state index contributed by atoms with van der Waals surface area (Å²) in [5, 5.41) is 12.7. The van der Waals surface area contributed by atoms with E-state index in [-0.39, 0.29) is 18.1 Å². The number of anilines is 2. The molecule has 1 aromatic rings. The van der Waals surface area contributed by atoms with Gasteiger partial charge in [-0.3, -0.25) is 0 Å². The Hall–Kier alpha value is -1.75. The van der Waals surface area contributed by atoms with Gasteiger partial charge in [-0.1, -0.05) is 6.92 Å². The van der Waals surface area contributed by atoms with Gasteiger partial charge in [0.25, 0.3) is 0 Å². The Labute approximate surface area is 151 Å². The molecule has 0 bridgehead atoms. The van der Waals surface area contributed by atoms with Crippen molar-refractivity contribution in [2.75, 3.05) is 43.0 Å². The van der Waals surface area contributed by atoms with E-state index < -0.39 is 0 Å². The molecule has 2 fully saturated rings. The molecule has 138 valence electrons. The average molecular weight is 345 g/mol. The van der Waals surface area contributed by atoms with Gasteiger partial charge in [0.05, 0.1) is 0 Å². The Kier molecular flexibility index (Phi) is 5.52. The molecule has 2 heterocycles. The fourth-order valence-corrected chi connectivity index (χ4v) is 3.96. The maximum atomic E-state index is 12.6. The number of aliphatic hydroxyl groups is 1. The molecule has 0 aromatic heterocycles. The SMILES string of the molecule is CCC1(CO)CCN(C(=O)Nc2ccc(N3CCCC3)cc2C)CC1. The summed E-state index contributed by atoms with van der Waals surface area (Å²) in [5.41, 5.74) is 3.25. The molecule has 0 unspecified atom stereocenters. The Balaban J connectivity index is 1.60. The minimum Gasteiger partial charge on any atom is -0.396 e. The topological polar surface area (TPSA) is 55.8 Å². The third-order valence-corrected chi connectivity index (χ3v) is 6.12. The Morgan fingerprint density at radius 3 is 2.44 bits per heavy atom. The number of likely N-dealkylation sites (tertiary alicyclic amines) is 1. The molecule has 5 heteroatoms. The van der Waals surface area contributed by atoms with E-state index in [1.165, 1.54) is 18.5 Å². The van der Waals surface area contributed by atoms with Crippen LogP contribution in [-0.4, -0.2) is 48.8 Å². The van der Waals surface area contributed by atoms with Crippen molar-refractivity contribution < 1.29 is 9.90 Å². The lowest BCUT2D eigenvalue weighted by molar-refractivity contribution is 0.0542. The monoisotopic (exact) mass is 345 g/mol. The molecule has 2 aliphatic heterocycles. The van der Waals surface area contributed by atoms with Crippen LogP contribution in [0.1, 0.15) is 44.6 Å². The standard InChI is InChI=1S/C20H31N3O2/c1-3-20(15-24)8-12-23(13-9-20)19(25)21-18-7-6-17(14-16(18)2)22-10-4-5-11-22/h6-7,14,24H,3-5,8-13,15H2,1-2H3,(H,21,25). The van der Waals surface area contributed by atoms with Gasteiger partial charge in [-0.15, -0.1) is 0 Å². The predicted molar refractivity (Wildman–Crippen MR) is 102 cm³/mol. The second kappa shape index (κ2) is 7.65. The van der Waals surface area contributed by atoms with Crippen molar-refractivity contribution in [2.24, 2.45) is 5.41 Å². The van der Waals surface area contributed by atoms with Crippen LogP contribution in [0.5, 0.6) is 0 Å². The number of benzene rings is 1. The van der Waals surface area contributed by atoms with Gasteiger partial charge in [0.2, 0.25) is 0 Å². The summed E-state index contributed by atoms with van der Waals surface area (Å²) >= 11 is 0. The lowest BCUT2D eigenvalue weighted by atomic mass is 9.77. The van der Waals surface area contributed by atoms with E-state index >= 15 is 0 Å². The second-order valence-corrected chi connectivity index (χ2v) is 7.62. The summed E-state index contributed by atoms with van der Waals surface area (Å²) in [5.74, 6) is 0. The number of nitrogens with one attached hydrogen (secondary N) is 1. The molecule has 2 amide bonds. The highest BCUT2D eigenvalue weighted by molar-refractivity contribution is 5.90. The Morgan fingerprint density at radius 1 is 1.20 bits per heavy atom. The fourth-order valence-electron chi connectivity index (χ4n) is 3.96. The van der Waals surface area contributed by atoms with Crippen molar-refractivity contribution in [3.05, 3.63) is 23.8 Å². The molecule has 0 saturated carbocycles. The summed E-state index contributed by atoms with van der Waals surface area (Å²) in [6, 6.07) is 6.28. The zero-order valence-electron chi connectivity index (χ0n) is 15.6. The van der Waals surface area contributed by atoms with Crippen LogP contribution in [0.25, 0.3) is 0 Å². The molecule has 2 N–H and O–H groups in total. The maximum absolute atomic E-state index is 12.6. The number of aliphatic hydroxyl groups excluding tert-OH is 1. The highest BCUT2D eigenvalue weighted by atomic mass is 16.3. The van der Waals surface area contributed by atoms with Crippen LogP contribution in [0, 0.1) is 12.3 Å². The summed E-state index contributed by atoms with van der Waals surface area (Å²) < 4.78 is 0. The van der Waals surface area contributed by atoms with Crippen molar-refractivity contribution in [1.29, 1.82) is 0 Å². The number of urea groups is 1. The third-order valence-electron chi connectivity index (χ3n) is 6.12. The molecule has 3 rings (SSSR count). The predicted octanol–water partition coefficient (Wildman–Crippen LogP) is 3.61. The van der Waals surface area contributed by atoms with Crippen LogP contribution < -0.4 is 10.2 Å². The largest absolute Gasteiger partial charge is 0.396 e. The first-order valence-corrected chi connectivity index (χ1v) is 9.59. The molecule has 0 radical (unpaired) electrons. The van der Waals surface area contributed by atoms with Crippen LogP contribution in [0.4, 0.5) is 16.2 Å². The number of amides is 2. The molecule has 25 heavy (non-hydrogen) atoms. The minimum absolute atomic E-state index is 0.00404. The number of hydrogen-bond acceptors (Lipinski definition) is 3. The lowest BCUT2D eigenvalue weighted by Gasteiger charge is -2.40. The van der Waals surface area contributed by atoms with Crippen LogP contribution in [0.15, 0.2) is 18.2 Å². The van der Waals surface area contributed by atoms with E-state index in [0.29, 0.717) is 13.1 Å². The first-order valence-electron chi connectivity index (χ1n) is 9.59. The molecule has 0 atom stereocenters. The second-order valence-electron chi connectivity index (χ2n) is 7.62. The van der Waals surface area contributed by atoms with E-state index in [0.717, 1.165) is 43.6 Å². The van der Waals surface area contributed by atoms with Gasteiger partial charge < -0.3 is 20.2 Å². The molecule has 1 aromatic carbocycles. The van der Waals surface area contributed by atoms with Gasteiger partial charge in [-0.2, -0.15) is 0 Å². The van der Waals surface area contributed by atoms with Crippen molar-refractivity contribution in [1.82, 2.24) is 4.90 Å². The third kappa shape index (κ3) is 3.92. The summed E-state index contributed by atoms with van der Waals surface area (Å²) in [6.45, 7) is 8.08. The average Bonchev–Trinajstić information content (AvgIpc) is 3.18. The molecule has 0 spiro atoms. The van der Waals surface area contributed by atoms with Gasteiger partial charge in [0, 0.05) is 44.2 Å². The van der Waals surface area contributed by atoms with Gasteiger partial charge in [-0.25, -0.2) is 4.79 Å². The quantitative estimate of drug-likeness (QED) is 0.876. The Bertz CT molecular complexity index is 597. The van der Waals surface area contributed by atoms with Crippen LogP contribution in [0.3, 0.4) is 0 Å². The first kappa shape index (κ1) is 18.1. The summed E-state index contributed by atoms with van der Waals surface area (Å²) in [6.07, 6.45) is 5.25. The number of rotatable bonds is 4. The van der Waals surface area contributed by atoms with E-state index in [2.05, 4.69) is 36.2 Å². The number of carbonyl (C=O) groups is 1. The van der Waals surface area contributed by atoms with Gasteiger partial charge >= 0.3 is 6.03 Å². The first-order chi connectivity index (χ1) is 12.1. The van der Waals surface area contributed by atoms with Crippen LogP contribution in [-0.2, 0) is 0 Å². The minimum atomic E-state index is -0.0281. The molecule has 2 aliphatic rings. The normalized spacial score (nSPS) is 20.0. The van der Waals surface area contributed by atoms with Gasteiger partial charge in [0.1, 0.15) is 0 Å². The van der Waals surface area contributed by atoms with E-state index in [1.54, 1.807) is 0 Å². The van der Waals surface area contributed by atoms with Crippen molar-refractivity contribution >= 4 is 17.4 Å². The molecule has 2 saturated heterocycles. The summed E-state index contributed by atoms with van der Waals surface area (Å²) in [7, 11) is 0.